The smallest absolute Gasteiger partial charge is 0.272 e. The van der Waals surface area contributed by atoms with E-state index in [9.17, 15) is 9.90 Å². The first-order chi connectivity index (χ1) is 11.7. The van der Waals surface area contributed by atoms with E-state index in [-0.39, 0.29) is 18.6 Å². The third-order valence-corrected chi connectivity index (χ3v) is 5.60. The number of aromatic nitrogens is 2. The molecule has 124 valence electrons. The van der Waals surface area contributed by atoms with Gasteiger partial charge in [0.05, 0.1) is 23.4 Å². The lowest BCUT2D eigenvalue weighted by atomic mass is 10.2. The van der Waals surface area contributed by atoms with Crippen LogP contribution >= 0.6 is 22.9 Å². The van der Waals surface area contributed by atoms with Gasteiger partial charge in [-0.3, -0.25) is 9.20 Å². The minimum Gasteiger partial charge on any atom is -0.394 e. The van der Waals surface area contributed by atoms with Crippen molar-refractivity contribution in [2.45, 2.75) is 18.9 Å². The number of nitrogens with zero attached hydrogens (tertiary/aromatic N) is 3. The molecular weight excluding hydrogens is 346 g/mol. The molecule has 3 aromatic rings. The summed E-state index contributed by atoms with van der Waals surface area (Å²) in [6.07, 6.45) is 3.63. The fourth-order valence-electron chi connectivity index (χ4n) is 3.18. The Bertz CT molecular complexity index is 904. The van der Waals surface area contributed by atoms with Crippen LogP contribution in [0.1, 0.15) is 23.3 Å². The predicted octanol–water partition coefficient (Wildman–Crippen LogP) is 3.31. The molecule has 4 rings (SSSR count). The molecule has 2 aromatic heterocycles. The van der Waals surface area contributed by atoms with E-state index < -0.39 is 0 Å². The van der Waals surface area contributed by atoms with E-state index in [4.69, 9.17) is 11.6 Å². The number of thiazole rings is 1. The second-order valence-electron chi connectivity index (χ2n) is 5.86. The normalized spacial score (nSPS) is 17.8. The van der Waals surface area contributed by atoms with Gasteiger partial charge in [0.15, 0.2) is 4.96 Å². The van der Waals surface area contributed by atoms with Crippen molar-refractivity contribution in [3.05, 3.63) is 46.6 Å². The van der Waals surface area contributed by atoms with Gasteiger partial charge in [0.25, 0.3) is 5.91 Å². The lowest BCUT2D eigenvalue weighted by molar-refractivity contribution is 0.0671. The van der Waals surface area contributed by atoms with Crippen molar-refractivity contribution < 1.29 is 9.90 Å². The number of likely N-dealkylation sites (tertiary alicyclic amines) is 1. The fraction of sp³-hybridized carbons (Fsp3) is 0.294. The van der Waals surface area contributed by atoms with Gasteiger partial charge in [-0.05, 0) is 18.9 Å². The number of halogens is 1. The maximum Gasteiger partial charge on any atom is 0.272 e. The summed E-state index contributed by atoms with van der Waals surface area (Å²) in [6.45, 7) is 0.696. The Labute approximate surface area is 148 Å². The summed E-state index contributed by atoms with van der Waals surface area (Å²) in [5, 5.41) is 11.9. The van der Waals surface area contributed by atoms with Crippen molar-refractivity contribution in [2.24, 2.45) is 0 Å². The third-order valence-electron chi connectivity index (χ3n) is 4.43. The molecule has 0 saturated carbocycles. The summed E-state index contributed by atoms with van der Waals surface area (Å²) in [4.78, 5) is 20.0. The molecule has 0 bridgehead atoms. The molecule has 24 heavy (non-hydrogen) atoms. The number of benzene rings is 1. The van der Waals surface area contributed by atoms with E-state index in [0.717, 1.165) is 29.1 Å². The molecule has 0 unspecified atom stereocenters. The van der Waals surface area contributed by atoms with Gasteiger partial charge in [-0.25, -0.2) is 4.98 Å². The molecule has 1 aliphatic heterocycles. The molecule has 1 saturated heterocycles. The number of rotatable bonds is 3. The first kappa shape index (κ1) is 15.6. The summed E-state index contributed by atoms with van der Waals surface area (Å²) in [5.74, 6) is -0.0547. The van der Waals surface area contributed by atoms with Crippen LogP contribution in [0.5, 0.6) is 0 Å². The Hall–Kier alpha value is -1.89. The molecule has 7 heteroatoms. The second-order valence-corrected chi connectivity index (χ2v) is 7.10. The van der Waals surface area contributed by atoms with Crippen LogP contribution in [-0.2, 0) is 0 Å². The van der Waals surface area contributed by atoms with Crippen molar-refractivity contribution in [3.63, 3.8) is 0 Å². The van der Waals surface area contributed by atoms with E-state index in [1.807, 2.05) is 40.2 Å². The van der Waals surface area contributed by atoms with Crippen LogP contribution in [0, 0.1) is 0 Å². The van der Waals surface area contributed by atoms with Crippen LogP contribution in [0.15, 0.2) is 35.8 Å². The van der Waals surface area contributed by atoms with Crippen molar-refractivity contribution in [2.75, 3.05) is 13.2 Å². The number of aliphatic hydroxyl groups excluding tert-OH is 1. The third kappa shape index (κ3) is 2.51. The molecular formula is C17H16ClN3O2S. The van der Waals surface area contributed by atoms with Crippen molar-refractivity contribution in [3.8, 4) is 11.3 Å². The number of carbonyl (C=O) groups is 1. The van der Waals surface area contributed by atoms with E-state index in [1.165, 1.54) is 11.3 Å². The molecule has 1 atom stereocenters. The van der Waals surface area contributed by atoms with E-state index in [2.05, 4.69) is 4.98 Å². The Kier molecular flexibility index (Phi) is 4.04. The van der Waals surface area contributed by atoms with Crippen LogP contribution in [0.2, 0.25) is 5.02 Å². The van der Waals surface area contributed by atoms with Gasteiger partial charge in [-0.1, -0.05) is 29.8 Å². The average molecular weight is 362 g/mol. The predicted molar refractivity (Wildman–Crippen MR) is 94.7 cm³/mol. The summed E-state index contributed by atoms with van der Waals surface area (Å²) >= 11 is 7.68. The zero-order valence-electron chi connectivity index (χ0n) is 12.9. The lowest BCUT2D eigenvalue weighted by Gasteiger charge is -2.22. The number of fused-ring (bicyclic) bond motifs is 1. The topological polar surface area (TPSA) is 57.8 Å². The highest BCUT2D eigenvalue weighted by molar-refractivity contribution is 7.15. The minimum atomic E-state index is -0.0843. The summed E-state index contributed by atoms with van der Waals surface area (Å²) in [5.41, 5.74) is 2.19. The largest absolute Gasteiger partial charge is 0.394 e. The molecule has 0 radical (unpaired) electrons. The van der Waals surface area contributed by atoms with Crippen LogP contribution in [0.4, 0.5) is 0 Å². The molecule has 3 heterocycles. The molecule has 1 N–H and O–H groups in total. The van der Waals surface area contributed by atoms with Crippen molar-refractivity contribution in [1.82, 2.24) is 14.3 Å². The van der Waals surface area contributed by atoms with Gasteiger partial charge in [0, 0.05) is 23.7 Å². The standard InChI is InChI=1S/C17H16ClN3O2S/c18-13-6-2-1-5-12(13)14-8-21-15(10-24-17(21)19-14)16(23)20-7-3-4-11(20)9-22/h1-2,5-6,8,10-11,22H,3-4,7,9H2/t11-/m0/s1. The van der Waals surface area contributed by atoms with Crippen LogP contribution < -0.4 is 0 Å². The highest BCUT2D eigenvalue weighted by Crippen LogP contribution is 2.30. The van der Waals surface area contributed by atoms with Crippen molar-refractivity contribution in [1.29, 1.82) is 0 Å². The number of imidazole rings is 1. The molecule has 0 spiro atoms. The zero-order valence-corrected chi connectivity index (χ0v) is 14.4. The monoisotopic (exact) mass is 361 g/mol. The molecule has 1 aliphatic rings. The van der Waals surface area contributed by atoms with Crippen LogP contribution in [-0.4, -0.2) is 44.5 Å². The fourth-order valence-corrected chi connectivity index (χ4v) is 4.26. The summed E-state index contributed by atoms with van der Waals surface area (Å²) in [6, 6.07) is 7.45. The molecule has 1 aromatic carbocycles. The van der Waals surface area contributed by atoms with Gasteiger partial charge in [0.1, 0.15) is 5.69 Å². The Morgan fingerprint density at radius 1 is 1.42 bits per heavy atom. The molecule has 5 nitrogen and oxygen atoms in total. The SMILES string of the molecule is O=C(c1csc2nc(-c3ccccc3Cl)cn12)N1CCC[C@H]1CO. The number of hydrogen-bond donors (Lipinski definition) is 1. The van der Waals surface area contributed by atoms with Gasteiger partial charge < -0.3 is 10.0 Å². The summed E-state index contributed by atoms with van der Waals surface area (Å²) < 4.78 is 1.82. The first-order valence-electron chi connectivity index (χ1n) is 7.82. The maximum atomic E-state index is 12.9. The molecule has 0 aliphatic carbocycles. The second kappa shape index (κ2) is 6.20. The quantitative estimate of drug-likeness (QED) is 0.778. The van der Waals surface area contributed by atoms with Gasteiger partial charge in [-0.15, -0.1) is 11.3 Å². The van der Waals surface area contributed by atoms with E-state index in [0.29, 0.717) is 17.3 Å². The average Bonchev–Trinajstić information content (AvgIpc) is 3.29. The number of hydrogen-bond acceptors (Lipinski definition) is 4. The van der Waals surface area contributed by atoms with E-state index >= 15 is 0 Å². The number of amides is 1. The van der Waals surface area contributed by atoms with E-state index in [1.54, 1.807) is 4.90 Å². The Morgan fingerprint density at radius 3 is 3.04 bits per heavy atom. The summed E-state index contributed by atoms with van der Waals surface area (Å²) in [7, 11) is 0. The van der Waals surface area contributed by atoms with Crippen LogP contribution in [0.3, 0.4) is 0 Å². The van der Waals surface area contributed by atoms with Gasteiger partial charge in [-0.2, -0.15) is 0 Å². The number of carbonyl (C=O) groups excluding carboxylic acids is 1. The highest BCUT2D eigenvalue weighted by atomic mass is 35.5. The molecule has 1 amide bonds. The Balaban J connectivity index is 1.73. The lowest BCUT2D eigenvalue weighted by Crippen LogP contribution is -2.38. The van der Waals surface area contributed by atoms with Gasteiger partial charge in [0.2, 0.25) is 0 Å². The zero-order chi connectivity index (χ0) is 16.7. The van der Waals surface area contributed by atoms with Crippen LogP contribution in [0.25, 0.3) is 16.2 Å². The van der Waals surface area contributed by atoms with Gasteiger partial charge >= 0.3 is 0 Å². The van der Waals surface area contributed by atoms with Crippen molar-refractivity contribution >= 4 is 33.8 Å². The maximum absolute atomic E-state index is 12.9. The highest BCUT2D eigenvalue weighted by Gasteiger charge is 2.30. The number of aliphatic hydroxyl groups is 1. The Morgan fingerprint density at radius 2 is 2.25 bits per heavy atom. The first-order valence-corrected chi connectivity index (χ1v) is 9.08. The molecule has 1 fully saturated rings. The minimum absolute atomic E-state index is 0.00776.